The van der Waals surface area contributed by atoms with Crippen LogP contribution in [-0.2, 0) is 16.7 Å². The molecule has 0 saturated carbocycles. The zero-order chi connectivity index (χ0) is 9.68. The molecule has 0 amide bonds. The van der Waals surface area contributed by atoms with Gasteiger partial charge in [-0.05, 0) is 12.0 Å². The second kappa shape index (κ2) is 4.79. The van der Waals surface area contributed by atoms with Gasteiger partial charge in [0.15, 0.2) is 5.05 Å². The molecule has 1 aromatic carbocycles. The summed E-state index contributed by atoms with van der Waals surface area (Å²) in [6, 6.07) is 9.42. The van der Waals surface area contributed by atoms with Crippen LogP contribution in [0.2, 0.25) is 0 Å². The minimum atomic E-state index is -2.46. The molecule has 0 aromatic heterocycles. The van der Waals surface area contributed by atoms with Gasteiger partial charge in [0.1, 0.15) is 0 Å². The Bertz CT molecular complexity index is 384. The zero-order valence-corrected chi connectivity index (χ0v) is 7.79. The lowest BCUT2D eigenvalue weighted by molar-refractivity contribution is 0.539. The molecule has 4 heteroatoms. The molecular weight excluding hydrogens is 188 g/mol. The minimum absolute atomic E-state index is 0.167. The molecule has 0 unspecified atom stereocenters. The molecule has 1 aromatic rings. The van der Waals surface area contributed by atoms with Crippen LogP contribution in [0.1, 0.15) is 12.0 Å². The fourth-order valence-electron chi connectivity index (χ4n) is 0.979. The van der Waals surface area contributed by atoms with Gasteiger partial charge in [-0.15, -0.1) is 0 Å². The van der Waals surface area contributed by atoms with Gasteiger partial charge in [-0.2, -0.15) is 8.42 Å². The van der Waals surface area contributed by atoms with Gasteiger partial charge in [-0.1, -0.05) is 30.3 Å². The molecule has 0 bridgehead atoms. The topological polar surface area (TPSA) is 54.4 Å². The Balaban J connectivity index is 2.59. The van der Waals surface area contributed by atoms with Crippen LogP contribution in [0.3, 0.4) is 0 Å². The van der Waals surface area contributed by atoms with Gasteiger partial charge >= 0.3 is 0 Å². The number of aryl methyl sites for hydroxylation is 1. The molecule has 3 nitrogen and oxygen atoms in total. The van der Waals surface area contributed by atoms with Gasteiger partial charge in [-0.25, -0.2) is 0 Å². The number of hydrogen-bond donors (Lipinski definition) is 1. The van der Waals surface area contributed by atoms with Crippen LogP contribution in [-0.4, -0.2) is 18.6 Å². The summed E-state index contributed by atoms with van der Waals surface area (Å²) in [5, 5.41) is 8.41. The smallest absolute Gasteiger partial charge is 0.240 e. The third kappa shape index (κ3) is 3.40. The average Bonchev–Trinajstić information content (AvgIpc) is 2.15. The molecule has 70 valence electrons. The maximum atomic E-state index is 10.2. The molecule has 0 aliphatic carbocycles. The lowest BCUT2D eigenvalue weighted by Gasteiger charge is -1.96. The second-order valence-corrected chi connectivity index (χ2v) is 3.55. The molecule has 0 aliphatic heterocycles. The van der Waals surface area contributed by atoms with Gasteiger partial charge in [0.05, 0.1) is 0 Å². The van der Waals surface area contributed by atoms with Crippen LogP contribution in [0.15, 0.2) is 30.3 Å². The van der Waals surface area contributed by atoms with Crippen molar-refractivity contribution in [2.75, 3.05) is 0 Å². The highest BCUT2D eigenvalue weighted by Gasteiger charge is 1.97. The minimum Gasteiger partial charge on any atom is -0.351 e. The molecule has 0 fully saturated rings. The Kier molecular flexibility index (Phi) is 3.67. The van der Waals surface area contributed by atoms with Gasteiger partial charge in [-0.3, -0.25) is 0 Å². The molecule has 1 rings (SSSR count). The quantitative estimate of drug-likeness (QED) is 0.742. The largest absolute Gasteiger partial charge is 0.351 e. The van der Waals surface area contributed by atoms with E-state index in [9.17, 15) is 8.42 Å². The van der Waals surface area contributed by atoms with E-state index in [2.05, 4.69) is 0 Å². The first-order valence-electron chi connectivity index (χ1n) is 3.88. The van der Waals surface area contributed by atoms with Gasteiger partial charge in [0, 0.05) is 6.42 Å². The molecule has 0 atom stereocenters. The molecule has 0 aliphatic rings. The maximum Gasteiger partial charge on any atom is 0.240 e. The highest BCUT2D eigenvalue weighted by molar-refractivity contribution is 7.72. The van der Waals surface area contributed by atoms with Crippen LogP contribution in [0.5, 0.6) is 0 Å². The van der Waals surface area contributed by atoms with E-state index in [-0.39, 0.29) is 6.42 Å². The summed E-state index contributed by atoms with van der Waals surface area (Å²) in [6.45, 7) is 0. The average molecular weight is 198 g/mol. The van der Waals surface area contributed by atoms with Crippen molar-refractivity contribution < 1.29 is 13.5 Å². The second-order valence-electron chi connectivity index (χ2n) is 2.61. The predicted molar refractivity (Wildman–Crippen MR) is 51.3 cm³/mol. The standard InChI is InChI=1S/C9H10O3S/c10-9(13(11)12)7-6-8-4-2-1-3-5-8/h1-5,10H,6-7H2. The number of aliphatic hydroxyl groups excluding tert-OH is 1. The summed E-state index contributed by atoms with van der Waals surface area (Å²) >= 11 is 0. The zero-order valence-electron chi connectivity index (χ0n) is 6.97. The first-order valence-corrected chi connectivity index (χ1v) is 4.95. The van der Waals surface area contributed by atoms with Crippen LogP contribution in [0.4, 0.5) is 0 Å². The van der Waals surface area contributed by atoms with Crippen molar-refractivity contribution in [2.45, 2.75) is 12.8 Å². The molecule has 1 N–H and O–H groups in total. The Morgan fingerprint density at radius 1 is 1.23 bits per heavy atom. The Morgan fingerprint density at radius 2 is 1.85 bits per heavy atom. The third-order valence-corrected chi connectivity index (χ3v) is 2.25. The summed E-state index contributed by atoms with van der Waals surface area (Å²) in [5.74, 6) is 0. The fourth-order valence-corrected chi connectivity index (χ4v) is 1.25. The summed E-state index contributed by atoms with van der Waals surface area (Å²) in [6.07, 6.45) is 0.709. The summed E-state index contributed by atoms with van der Waals surface area (Å²) in [5.41, 5.74) is 1.01. The molecule has 0 spiro atoms. The van der Waals surface area contributed by atoms with E-state index in [1.165, 1.54) is 0 Å². The Hall–Kier alpha value is -1.13. The van der Waals surface area contributed by atoms with Crippen molar-refractivity contribution in [1.82, 2.24) is 0 Å². The third-order valence-electron chi connectivity index (χ3n) is 1.66. The molecule has 0 radical (unpaired) electrons. The Morgan fingerprint density at radius 3 is 2.38 bits per heavy atom. The van der Waals surface area contributed by atoms with Crippen molar-refractivity contribution >= 4 is 15.3 Å². The molecule has 13 heavy (non-hydrogen) atoms. The van der Waals surface area contributed by atoms with Crippen molar-refractivity contribution in [3.8, 4) is 0 Å². The van der Waals surface area contributed by atoms with Gasteiger partial charge in [0.2, 0.25) is 10.3 Å². The molecule has 0 heterocycles. The van der Waals surface area contributed by atoms with E-state index < -0.39 is 15.3 Å². The predicted octanol–water partition coefficient (Wildman–Crippen LogP) is 1.19. The highest BCUT2D eigenvalue weighted by atomic mass is 32.2. The van der Waals surface area contributed by atoms with Crippen molar-refractivity contribution in [3.63, 3.8) is 0 Å². The van der Waals surface area contributed by atoms with E-state index in [1.54, 1.807) is 0 Å². The summed E-state index contributed by atoms with van der Waals surface area (Å²) in [4.78, 5) is 0. The lowest BCUT2D eigenvalue weighted by atomic mass is 10.1. The lowest BCUT2D eigenvalue weighted by Crippen LogP contribution is -1.99. The summed E-state index contributed by atoms with van der Waals surface area (Å²) < 4.78 is 20.5. The Labute approximate surface area is 78.2 Å². The van der Waals surface area contributed by atoms with E-state index in [0.29, 0.717) is 6.42 Å². The van der Waals surface area contributed by atoms with Gasteiger partial charge in [0.25, 0.3) is 0 Å². The summed E-state index contributed by atoms with van der Waals surface area (Å²) in [7, 11) is -2.46. The highest BCUT2D eigenvalue weighted by Crippen LogP contribution is 2.01. The van der Waals surface area contributed by atoms with Crippen LogP contribution in [0, 0.1) is 0 Å². The SMILES string of the molecule is O=S(=O)=C(O)CCc1ccccc1. The fraction of sp³-hybridized carbons (Fsp3) is 0.222. The van der Waals surface area contributed by atoms with E-state index >= 15 is 0 Å². The number of benzene rings is 1. The van der Waals surface area contributed by atoms with Crippen molar-refractivity contribution in [3.05, 3.63) is 35.9 Å². The monoisotopic (exact) mass is 198 g/mol. The molecular formula is C9H10O3S. The first kappa shape index (κ1) is 9.95. The van der Waals surface area contributed by atoms with Crippen LogP contribution in [0.25, 0.3) is 0 Å². The first-order chi connectivity index (χ1) is 6.20. The number of rotatable bonds is 3. The van der Waals surface area contributed by atoms with E-state index in [1.807, 2.05) is 30.3 Å². The van der Waals surface area contributed by atoms with E-state index in [0.717, 1.165) is 5.56 Å². The number of aliphatic hydroxyl groups is 1. The van der Waals surface area contributed by atoms with Crippen LogP contribution >= 0.6 is 0 Å². The van der Waals surface area contributed by atoms with Crippen molar-refractivity contribution in [1.29, 1.82) is 0 Å². The maximum absolute atomic E-state index is 10.2. The number of hydrogen-bond acceptors (Lipinski definition) is 2. The van der Waals surface area contributed by atoms with Gasteiger partial charge < -0.3 is 5.11 Å². The normalized spacial score (nSPS) is 9.62. The van der Waals surface area contributed by atoms with Crippen LogP contribution < -0.4 is 0 Å². The van der Waals surface area contributed by atoms with Crippen molar-refractivity contribution in [2.24, 2.45) is 0 Å². The molecule has 0 saturated heterocycles. The van der Waals surface area contributed by atoms with E-state index in [4.69, 9.17) is 5.11 Å².